The lowest BCUT2D eigenvalue weighted by atomic mass is 10.1. The average Bonchev–Trinajstić information content (AvgIpc) is 3.03. The smallest absolute Gasteiger partial charge is 0.121 e. The lowest BCUT2D eigenvalue weighted by Gasteiger charge is -2.15. The second-order valence-corrected chi connectivity index (χ2v) is 6.42. The van der Waals surface area contributed by atoms with Crippen molar-refractivity contribution in [2.24, 2.45) is 0 Å². The Kier molecular flexibility index (Phi) is 4.12. The molecule has 4 nitrogen and oxygen atoms in total. The second kappa shape index (κ2) is 6.57. The van der Waals surface area contributed by atoms with E-state index in [1.165, 1.54) is 16.3 Å². The summed E-state index contributed by atoms with van der Waals surface area (Å²) in [6, 6.07) is 20.9. The molecule has 0 radical (unpaired) electrons. The number of rotatable bonds is 5. The van der Waals surface area contributed by atoms with Gasteiger partial charge >= 0.3 is 0 Å². The molecule has 0 amide bonds. The topological polar surface area (TPSA) is 41.1 Å². The number of aromatic amines is 1. The summed E-state index contributed by atoms with van der Waals surface area (Å²) >= 11 is 0. The number of benzene rings is 3. The number of H-pyrrole nitrogens is 1. The third kappa shape index (κ3) is 3.35. The molecule has 0 aliphatic rings. The number of imidazole rings is 1. The van der Waals surface area contributed by atoms with Gasteiger partial charge in [-0.15, -0.1) is 0 Å². The van der Waals surface area contributed by atoms with Gasteiger partial charge in [-0.1, -0.05) is 30.3 Å². The van der Waals surface area contributed by atoms with Crippen LogP contribution in [0, 0.1) is 0 Å². The van der Waals surface area contributed by atoms with Crippen molar-refractivity contribution in [3.63, 3.8) is 0 Å². The number of methoxy groups -OCH3 is 1. The monoisotopic (exact) mass is 331 g/mol. The summed E-state index contributed by atoms with van der Waals surface area (Å²) in [6.45, 7) is 1.66. The Morgan fingerprint density at radius 3 is 2.60 bits per heavy atom. The number of nitrogens with one attached hydrogen (secondary N) is 1. The maximum atomic E-state index is 5.29. The van der Waals surface area contributed by atoms with Crippen LogP contribution in [0.5, 0.6) is 5.75 Å². The van der Waals surface area contributed by atoms with Gasteiger partial charge in [-0.2, -0.15) is 0 Å². The molecule has 1 heterocycles. The molecule has 4 rings (SSSR count). The first-order valence-electron chi connectivity index (χ1n) is 8.40. The maximum absolute atomic E-state index is 5.29. The molecule has 4 aromatic rings. The predicted molar refractivity (Wildman–Crippen MR) is 102 cm³/mol. The Morgan fingerprint density at radius 2 is 1.76 bits per heavy atom. The largest absolute Gasteiger partial charge is 0.497 e. The third-order valence-corrected chi connectivity index (χ3v) is 4.42. The summed E-state index contributed by atoms with van der Waals surface area (Å²) in [5, 5.41) is 2.43. The van der Waals surface area contributed by atoms with Gasteiger partial charge < -0.3 is 9.72 Å². The van der Waals surface area contributed by atoms with Crippen molar-refractivity contribution in [3.8, 4) is 5.75 Å². The maximum Gasteiger partial charge on any atom is 0.121 e. The number of nitrogens with zero attached hydrogens (tertiary/aromatic N) is 2. The molecule has 0 atom stereocenters. The molecule has 0 unspecified atom stereocenters. The molecular weight excluding hydrogens is 310 g/mol. The van der Waals surface area contributed by atoms with Crippen molar-refractivity contribution >= 4 is 21.8 Å². The van der Waals surface area contributed by atoms with E-state index in [0.29, 0.717) is 0 Å². The molecule has 126 valence electrons. The normalized spacial score (nSPS) is 11.5. The zero-order valence-electron chi connectivity index (χ0n) is 14.5. The standard InChI is InChI=1S/C21H21N3O/c1-24(14-21-22-19-5-3-4-6-20(19)23-21)13-15-7-8-17-12-18(25-2)10-9-16(17)11-15/h3-12H,13-14H2,1-2H3,(H,22,23). The molecule has 1 N–H and O–H groups in total. The molecule has 0 fully saturated rings. The highest BCUT2D eigenvalue weighted by Crippen LogP contribution is 2.22. The fourth-order valence-electron chi connectivity index (χ4n) is 3.20. The zero-order chi connectivity index (χ0) is 17.2. The molecule has 25 heavy (non-hydrogen) atoms. The van der Waals surface area contributed by atoms with Crippen molar-refractivity contribution in [1.29, 1.82) is 0 Å². The van der Waals surface area contributed by atoms with Crippen LogP contribution in [-0.4, -0.2) is 29.0 Å². The number of para-hydroxylation sites is 2. The van der Waals surface area contributed by atoms with Crippen molar-refractivity contribution < 1.29 is 4.74 Å². The zero-order valence-corrected chi connectivity index (χ0v) is 14.5. The molecule has 0 aliphatic carbocycles. The van der Waals surface area contributed by atoms with Crippen LogP contribution in [0.15, 0.2) is 60.7 Å². The Hall–Kier alpha value is -2.85. The van der Waals surface area contributed by atoms with Crippen LogP contribution in [0.3, 0.4) is 0 Å². The fourth-order valence-corrected chi connectivity index (χ4v) is 3.20. The molecule has 0 spiro atoms. The second-order valence-electron chi connectivity index (χ2n) is 6.42. The molecule has 0 aliphatic heterocycles. The van der Waals surface area contributed by atoms with E-state index in [2.05, 4.69) is 58.3 Å². The minimum atomic E-state index is 0.787. The Balaban J connectivity index is 1.49. The van der Waals surface area contributed by atoms with Gasteiger partial charge in [0.05, 0.1) is 24.7 Å². The summed E-state index contributed by atoms with van der Waals surface area (Å²) in [5.74, 6) is 1.89. The Morgan fingerprint density at radius 1 is 0.960 bits per heavy atom. The van der Waals surface area contributed by atoms with Crippen LogP contribution in [-0.2, 0) is 13.1 Å². The number of hydrogen-bond donors (Lipinski definition) is 1. The van der Waals surface area contributed by atoms with Crippen LogP contribution in [0.1, 0.15) is 11.4 Å². The first kappa shape index (κ1) is 15.7. The highest BCUT2D eigenvalue weighted by atomic mass is 16.5. The molecule has 0 bridgehead atoms. The molecule has 0 saturated carbocycles. The van der Waals surface area contributed by atoms with Gasteiger partial charge in [0.2, 0.25) is 0 Å². The highest BCUT2D eigenvalue weighted by molar-refractivity contribution is 5.84. The van der Waals surface area contributed by atoms with Gasteiger partial charge in [-0.05, 0) is 53.7 Å². The van der Waals surface area contributed by atoms with Crippen LogP contribution >= 0.6 is 0 Å². The van der Waals surface area contributed by atoms with E-state index < -0.39 is 0 Å². The van der Waals surface area contributed by atoms with Gasteiger partial charge in [0.1, 0.15) is 11.6 Å². The number of aromatic nitrogens is 2. The molecule has 0 saturated heterocycles. The minimum absolute atomic E-state index is 0.787. The molecule has 4 heteroatoms. The van der Waals surface area contributed by atoms with Crippen LogP contribution in [0.25, 0.3) is 21.8 Å². The van der Waals surface area contributed by atoms with Crippen LogP contribution in [0.4, 0.5) is 0 Å². The van der Waals surface area contributed by atoms with Crippen molar-refractivity contribution in [1.82, 2.24) is 14.9 Å². The van der Waals surface area contributed by atoms with Gasteiger partial charge in [0.15, 0.2) is 0 Å². The fraction of sp³-hybridized carbons (Fsp3) is 0.190. The van der Waals surface area contributed by atoms with Gasteiger partial charge in [-0.3, -0.25) is 4.90 Å². The van der Waals surface area contributed by atoms with E-state index in [1.807, 2.05) is 24.3 Å². The van der Waals surface area contributed by atoms with Gasteiger partial charge in [-0.25, -0.2) is 4.98 Å². The van der Waals surface area contributed by atoms with Crippen LogP contribution < -0.4 is 4.74 Å². The Bertz CT molecular complexity index is 989. The average molecular weight is 331 g/mol. The molecule has 1 aromatic heterocycles. The minimum Gasteiger partial charge on any atom is -0.497 e. The van der Waals surface area contributed by atoms with Crippen molar-refractivity contribution in [2.75, 3.05) is 14.2 Å². The molecular formula is C21H21N3O. The number of ether oxygens (including phenoxy) is 1. The van der Waals surface area contributed by atoms with E-state index in [1.54, 1.807) is 7.11 Å². The number of hydrogen-bond acceptors (Lipinski definition) is 3. The first-order chi connectivity index (χ1) is 12.2. The van der Waals surface area contributed by atoms with Crippen LogP contribution in [0.2, 0.25) is 0 Å². The molecule has 3 aromatic carbocycles. The summed E-state index contributed by atoms with van der Waals surface area (Å²) < 4.78 is 5.29. The summed E-state index contributed by atoms with van der Waals surface area (Å²) in [4.78, 5) is 10.3. The summed E-state index contributed by atoms with van der Waals surface area (Å²) in [6.07, 6.45) is 0. The SMILES string of the molecule is COc1ccc2cc(CN(C)Cc3nc4ccccc4[nH]3)ccc2c1. The van der Waals surface area contributed by atoms with Crippen molar-refractivity contribution in [2.45, 2.75) is 13.1 Å². The number of fused-ring (bicyclic) bond motifs is 2. The van der Waals surface area contributed by atoms with Gasteiger partial charge in [0.25, 0.3) is 0 Å². The van der Waals surface area contributed by atoms with E-state index >= 15 is 0 Å². The lowest BCUT2D eigenvalue weighted by molar-refractivity contribution is 0.312. The third-order valence-electron chi connectivity index (χ3n) is 4.42. The first-order valence-corrected chi connectivity index (χ1v) is 8.40. The summed E-state index contributed by atoms with van der Waals surface area (Å²) in [5.41, 5.74) is 3.40. The van der Waals surface area contributed by atoms with E-state index in [9.17, 15) is 0 Å². The highest BCUT2D eigenvalue weighted by Gasteiger charge is 2.07. The quantitative estimate of drug-likeness (QED) is 0.591. The Labute approximate surface area is 147 Å². The van der Waals surface area contributed by atoms with Gasteiger partial charge in [0, 0.05) is 6.54 Å². The van der Waals surface area contributed by atoms with E-state index in [4.69, 9.17) is 4.74 Å². The predicted octanol–water partition coefficient (Wildman–Crippen LogP) is 4.36. The van der Waals surface area contributed by atoms with E-state index in [-0.39, 0.29) is 0 Å². The summed E-state index contributed by atoms with van der Waals surface area (Å²) in [7, 11) is 3.81. The van der Waals surface area contributed by atoms with E-state index in [0.717, 1.165) is 35.7 Å². The lowest BCUT2D eigenvalue weighted by Crippen LogP contribution is -2.18. The van der Waals surface area contributed by atoms with Crippen molar-refractivity contribution in [3.05, 3.63) is 72.1 Å².